The molecule has 0 spiro atoms. The summed E-state index contributed by atoms with van der Waals surface area (Å²) in [5.74, 6) is -1.54. The Labute approximate surface area is 165 Å². The Balaban J connectivity index is 1.74. The minimum absolute atomic E-state index is 0.150. The quantitative estimate of drug-likeness (QED) is 0.564. The van der Waals surface area contributed by atoms with Gasteiger partial charge in [0.1, 0.15) is 11.7 Å². The lowest BCUT2D eigenvalue weighted by Gasteiger charge is -2.39. The van der Waals surface area contributed by atoms with Crippen LogP contribution in [0, 0.1) is 5.82 Å². The van der Waals surface area contributed by atoms with Crippen molar-refractivity contribution in [2.45, 2.75) is 76.4 Å². The molecule has 2 fully saturated rings. The summed E-state index contributed by atoms with van der Waals surface area (Å²) in [4.78, 5) is 14.1. The van der Waals surface area contributed by atoms with Crippen molar-refractivity contribution in [3.8, 4) is 5.75 Å². The van der Waals surface area contributed by atoms with Crippen molar-refractivity contribution >= 4 is 17.7 Å². The standard InChI is InChI=1S/C19H22ClF4NO3/c1-18(2,3)28-17(26)25-11-4-5-12(25)9-13(8-11)27-15-7-10(19(22,23)24)6-14(20)16(15)21/h6-7,11-13H,4-5,8-9H2,1-3H3/t11-,12+,13+. The molecule has 1 aromatic rings. The first-order valence-corrected chi connectivity index (χ1v) is 9.47. The van der Waals surface area contributed by atoms with Crippen LogP contribution in [-0.2, 0) is 10.9 Å². The van der Waals surface area contributed by atoms with Crippen molar-refractivity contribution in [1.82, 2.24) is 4.90 Å². The highest BCUT2D eigenvalue weighted by Crippen LogP contribution is 2.41. The van der Waals surface area contributed by atoms with Crippen LogP contribution in [0.1, 0.15) is 52.0 Å². The van der Waals surface area contributed by atoms with E-state index < -0.39 is 46.1 Å². The summed E-state index contributed by atoms with van der Waals surface area (Å²) in [6, 6.07) is 0.868. The van der Waals surface area contributed by atoms with Crippen molar-refractivity contribution in [1.29, 1.82) is 0 Å². The SMILES string of the molecule is CC(C)(C)OC(=O)N1[C@@H]2CC[C@H]1C[C@@H](Oc1cc(C(F)(F)F)cc(Cl)c1F)C2. The van der Waals surface area contributed by atoms with E-state index in [-0.39, 0.29) is 12.1 Å². The highest BCUT2D eigenvalue weighted by Gasteiger charge is 2.46. The highest BCUT2D eigenvalue weighted by molar-refractivity contribution is 6.31. The summed E-state index contributed by atoms with van der Waals surface area (Å²) in [7, 11) is 0. The third-order valence-electron chi connectivity index (χ3n) is 4.91. The van der Waals surface area contributed by atoms with Gasteiger partial charge in [0.2, 0.25) is 0 Å². The maximum absolute atomic E-state index is 14.2. The summed E-state index contributed by atoms with van der Waals surface area (Å²) >= 11 is 5.61. The van der Waals surface area contributed by atoms with Crippen LogP contribution < -0.4 is 4.74 Å². The van der Waals surface area contributed by atoms with Crippen molar-refractivity contribution in [2.24, 2.45) is 0 Å². The number of nitrogens with zero attached hydrogens (tertiary/aromatic N) is 1. The zero-order valence-electron chi connectivity index (χ0n) is 15.8. The van der Waals surface area contributed by atoms with E-state index in [9.17, 15) is 22.4 Å². The van der Waals surface area contributed by atoms with E-state index in [1.807, 2.05) is 0 Å². The molecule has 4 nitrogen and oxygen atoms in total. The Bertz CT molecular complexity index is 749. The molecule has 2 heterocycles. The van der Waals surface area contributed by atoms with Gasteiger partial charge in [-0.3, -0.25) is 0 Å². The average molecular weight is 424 g/mol. The number of hydrogen-bond acceptors (Lipinski definition) is 3. The third kappa shape index (κ3) is 4.47. The second kappa shape index (κ2) is 7.28. The van der Waals surface area contributed by atoms with Crippen molar-refractivity contribution in [3.05, 3.63) is 28.5 Å². The summed E-state index contributed by atoms with van der Waals surface area (Å²) in [5.41, 5.74) is -1.69. The van der Waals surface area contributed by atoms with Crippen LogP contribution in [0.5, 0.6) is 5.75 Å². The second-order valence-corrected chi connectivity index (χ2v) is 8.66. The van der Waals surface area contributed by atoms with E-state index in [0.717, 1.165) is 12.8 Å². The molecule has 0 unspecified atom stereocenters. The molecular weight excluding hydrogens is 402 g/mol. The normalized spacial score (nSPS) is 25.0. The first-order valence-electron chi connectivity index (χ1n) is 9.09. The molecule has 0 aliphatic carbocycles. The Morgan fingerprint density at radius 3 is 2.21 bits per heavy atom. The van der Waals surface area contributed by atoms with Gasteiger partial charge in [-0.1, -0.05) is 11.6 Å². The maximum atomic E-state index is 14.2. The van der Waals surface area contributed by atoms with Gasteiger partial charge in [-0.15, -0.1) is 0 Å². The maximum Gasteiger partial charge on any atom is 0.416 e. The number of carbonyl (C=O) groups excluding carboxylic acids is 1. The van der Waals surface area contributed by atoms with Gasteiger partial charge in [-0.05, 0) is 45.7 Å². The fourth-order valence-corrected chi connectivity index (χ4v) is 4.04. The molecule has 2 aliphatic heterocycles. The summed E-state index contributed by atoms with van der Waals surface area (Å²) in [6.07, 6.45) is -3.30. The number of rotatable bonds is 2. The van der Waals surface area contributed by atoms with Gasteiger partial charge in [-0.2, -0.15) is 13.2 Å². The minimum atomic E-state index is -4.66. The predicted octanol–water partition coefficient (Wildman–Crippen LogP) is 5.81. The van der Waals surface area contributed by atoms with Crippen LogP contribution in [-0.4, -0.2) is 34.8 Å². The van der Waals surface area contributed by atoms with Gasteiger partial charge in [0.15, 0.2) is 11.6 Å². The lowest BCUT2D eigenvalue weighted by atomic mass is 10.00. The van der Waals surface area contributed by atoms with Crippen molar-refractivity contribution in [2.75, 3.05) is 0 Å². The number of fused-ring (bicyclic) bond motifs is 2. The van der Waals surface area contributed by atoms with E-state index in [4.69, 9.17) is 21.1 Å². The number of amides is 1. The average Bonchev–Trinajstić information content (AvgIpc) is 2.80. The third-order valence-corrected chi connectivity index (χ3v) is 5.18. The number of alkyl halides is 3. The Hall–Kier alpha value is -1.70. The van der Waals surface area contributed by atoms with Crippen molar-refractivity contribution in [3.63, 3.8) is 0 Å². The second-order valence-electron chi connectivity index (χ2n) is 8.25. The molecular formula is C19H22ClF4NO3. The van der Waals surface area contributed by atoms with E-state index in [1.165, 1.54) is 0 Å². The first kappa shape index (κ1) is 21.0. The fraction of sp³-hybridized carbons (Fsp3) is 0.632. The highest BCUT2D eigenvalue weighted by atomic mass is 35.5. The van der Waals surface area contributed by atoms with Gasteiger partial charge < -0.3 is 14.4 Å². The van der Waals surface area contributed by atoms with Crippen LogP contribution in [0.4, 0.5) is 22.4 Å². The molecule has 9 heteroatoms. The van der Waals surface area contributed by atoms with Gasteiger partial charge in [0.25, 0.3) is 0 Å². The lowest BCUT2D eigenvalue weighted by molar-refractivity contribution is -0.137. The van der Waals surface area contributed by atoms with Crippen LogP contribution in [0.3, 0.4) is 0 Å². The summed E-state index contributed by atoms with van der Waals surface area (Å²) in [5, 5.41) is -0.640. The first-order chi connectivity index (χ1) is 12.8. The number of piperidine rings is 1. The zero-order valence-corrected chi connectivity index (χ0v) is 16.5. The number of halogens is 5. The number of ether oxygens (including phenoxy) is 2. The smallest absolute Gasteiger partial charge is 0.416 e. The number of hydrogen-bond donors (Lipinski definition) is 0. The van der Waals surface area contributed by atoms with Crippen LogP contribution in [0.2, 0.25) is 5.02 Å². The summed E-state index contributed by atoms with van der Waals surface area (Å²) in [6.45, 7) is 5.34. The summed E-state index contributed by atoms with van der Waals surface area (Å²) < 4.78 is 64.2. The molecule has 1 amide bonds. The number of carbonyl (C=O) groups is 1. The molecule has 0 saturated carbocycles. The topological polar surface area (TPSA) is 38.8 Å². The molecule has 2 bridgehead atoms. The number of benzene rings is 1. The van der Waals surface area contributed by atoms with E-state index >= 15 is 0 Å². The van der Waals surface area contributed by atoms with E-state index in [2.05, 4.69) is 0 Å². The predicted molar refractivity (Wildman–Crippen MR) is 94.9 cm³/mol. The largest absolute Gasteiger partial charge is 0.487 e. The van der Waals surface area contributed by atoms with Gasteiger partial charge in [0, 0.05) is 24.9 Å². The molecule has 0 aromatic heterocycles. The lowest BCUT2D eigenvalue weighted by Crippen LogP contribution is -2.50. The molecule has 156 valence electrons. The van der Waals surface area contributed by atoms with Crippen LogP contribution in [0.15, 0.2) is 12.1 Å². The molecule has 2 aliphatic rings. The monoisotopic (exact) mass is 423 g/mol. The van der Waals surface area contributed by atoms with Crippen LogP contribution >= 0.6 is 11.6 Å². The molecule has 3 atom stereocenters. The molecule has 3 rings (SSSR count). The van der Waals surface area contributed by atoms with Crippen molar-refractivity contribution < 1.29 is 31.8 Å². The molecule has 0 radical (unpaired) electrons. The Morgan fingerprint density at radius 2 is 1.71 bits per heavy atom. The molecule has 2 saturated heterocycles. The Kier molecular flexibility index (Phi) is 5.47. The van der Waals surface area contributed by atoms with E-state index in [1.54, 1.807) is 25.7 Å². The van der Waals surface area contributed by atoms with E-state index in [0.29, 0.717) is 25.0 Å². The van der Waals surface area contributed by atoms with Gasteiger partial charge >= 0.3 is 12.3 Å². The molecule has 0 N–H and O–H groups in total. The molecule has 28 heavy (non-hydrogen) atoms. The Morgan fingerprint density at radius 1 is 1.14 bits per heavy atom. The zero-order chi connectivity index (χ0) is 20.9. The van der Waals surface area contributed by atoms with Crippen LogP contribution in [0.25, 0.3) is 0 Å². The fourth-order valence-electron chi connectivity index (χ4n) is 3.83. The molecule has 1 aromatic carbocycles. The van der Waals surface area contributed by atoms with Gasteiger partial charge in [-0.25, -0.2) is 9.18 Å². The minimum Gasteiger partial charge on any atom is -0.487 e. The van der Waals surface area contributed by atoms with Gasteiger partial charge in [0.05, 0.1) is 10.6 Å².